The van der Waals surface area contributed by atoms with E-state index in [1.165, 1.54) is 11.3 Å². The van der Waals surface area contributed by atoms with Crippen LogP contribution in [-0.4, -0.2) is 23.0 Å². The average Bonchev–Trinajstić information content (AvgIpc) is 3.04. The molecule has 0 atom stereocenters. The lowest BCUT2D eigenvalue weighted by Crippen LogP contribution is -2.14. The first-order valence-electron chi connectivity index (χ1n) is 7.45. The van der Waals surface area contributed by atoms with Gasteiger partial charge in [0, 0.05) is 28.9 Å². The maximum absolute atomic E-state index is 12.3. The van der Waals surface area contributed by atoms with E-state index in [9.17, 15) is 4.79 Å². The molecule has 0 spiro atoms. The number of hydrogen-bond donors (Lipinski definition) is 1. The Bertz CT molecular complexity index is 846. The first kappa shape index (κ1) is 16.1. The minimum atomic E-state index is -0.119. The summed E-state index contributed by atoms with van der Waals surface area (Å²) in [4.78, 5) is 20.8. The molecule has 0 unspecified atom stereocenters. The quantitative estimate of drug-likeness (QED) is 0.770. The number of benzene rings is 1. The van der Waals surface area contributed by atoms with Gasteiger partial charge < -0.3 is 10.1 Å². The van der Waals surface area contributed by atoms with Gasteiger partial charge in [-0.25, -0.2) is 4.98 Å². The average molecular weight is 339 g/mol. The molecular weight excluding hydrogens is 322 g/mol. The summed E-state index contributed by atoms with van der Waals surface area (Å²) in [6, 6.07) is 9.59. The molecule has 0 fully saturated rings. The summed E-state index contributed by atoms with van der Waals surface area (Å²) in [5.41, 5.74) is 3.68. The summed E-state index contributed by atoms with van der Waals surface area (Å²) in [7, 11) is 1.60. The van der Waals surface area contributed by atoms with Crippen LogP contribution in [0.5, 0.6) is 5.75 Å². The predicted molar refractivity (Wildman–Crippen MR) is 95.4 cm³/mol. The second kappa shape index (κ2) is 7.23. The van der Waals surface area contributed by atoms with Crippen LogP contribution in [-0.2, 0) is 11.2 Å². The molecule has 0 saturated heterocycles. The third-order valence-corrected chi connectivity index (χ3v) is 4.25. The van der Waals surface area contributed by atoms with Gasteiger partial charge in [-0.1, -0.05) is 17.7 Å². The van der Waals surface area contributed by atoms with E-state index in [4.69, 9.17) is 4.74 Å². The number of amides is 1. The molecule has 6 heteroatoms. The highest BCUT2D eigenvalue weighted by Crippen LogP contribution is 2.25. The van der Waals surface area contributed by atoms with Crippen LogP contribution in [0, 0.1) is 6.92 Å². The van der Waals surface area contributed by atoms with Crippen LogP contribution >= 0.6 is 11.3 Å². The summed E-state index contributed by atoms with van der Waals surface area (Å²) >= 11 is 1.39. The summed E-state index contributed by atoms with van der Waals surface area (Å²) < 4.78 is 5.31. The molecule has 0 bridgehead atoms. The number of aromatic nitrogens is 2. The predicted octanol–water partition coefficient (Wildman–Crippen LogP) is 3.70. The Labute approximate surface area is 144 Å². The van der Waals surface area contributed by atoms with Crippen LogP contribution in [0.2, 0.25) is 0 Å². The van der Waals surface area contributed by atoms with E-state index < -0.39 is 0 Å². The number of ether oxygens (including phenoxy) is 1. The van der Waals surface area contributed by atoms with Crippen molar-refractivity contribution in [2.45, 2.75) is 13.3 Å². The smallest absolute Gasteiger partial charge is 0.230 e. The van der Waals surface area contributed by atoms with Gasteiger partial charge in [0.15, 0.2) is 5.13 Å². The van der Waals surface area contributed by atoms with E-state index in [1.807, 2.05) is 42.6 Å². The molecule has 0 saturated carbocycles. The minimum absolute atomic E-state index is 0.119. The Kier molecular flexibility index (Phi) is 4.86. The van der Waals surface area contributed by atoms with Crippen LogP contribution in [0.1, 0.15) is 11.1 Å². The zero-order valence-corrected chi connectivity index (χ0v) is 14.3. The van der Waals surface area contributed by atoms with Gasteiger partial charge in [-0.2, -0.15) is 0 Å². The number of carbonyl (C=O) groups excluding carboxylic acids is 1. The van der Waals surface area contributed by atoms with E-state index in [0.29, 0.717) is 10.9 Å². The normalized spacial score (nSPS) is 10.4. The zero-order chi connectivity index (χ0) is 16.9. The van der Waals surface area contributed by atoms with Gasteiger partial charge in [-0.15, -0.1) is 11.3 Å². The zero-order valence-electron chi connectivity index (χ0n) is 13.4. The van der Waals surface area contributed by atoms with Crippen molar-refractivity contribution in [2.24, 2.45) is 0 Å². The summed E-state index contributed by atoms with van der Waals surface area (Å²) in [6.45, 7) is 1.99. The number of pyridine rings is 1. The largest absolute Gasteiger partial charge is 0.496 e. The lowest BCUT2D eigenvalue weighted by molar-refractivity contribution is -0.115. The summed E-state index contributed by atoms with van der Waals surface area (Å²) in [5, 5.41) is 5.32. The molecule has 0 aliphatic carbocycles. The van der Waals surface area contributed by atoms with Crippen molar-refractivity contribution in [3.63, 3.8) is 0 Å². The van der Waals surface area contributed by atoms with Gasteiger partial charge in [0.2, 0.25) is 5.91 Å². The SMILES string of the molecule is COc1ccc(C)cc1CC(=O)Nc1nc(-c2cccnc2)cs1. The van der Waals surface area contributed by atoms with Crippen LogP contribution in [0.4, 0.5) is 5.13 Å². The fourth-order valence-electron chi connectivity index (χ4n) is 2.36. The fraction of sp³-hybridized carbons (Fsp3) is 0.167. The molecule has 2 aromatic heterocycles. The molecule has 1 aromatic carbocycles. The van der Waals surface area contributed by atoms with Crippen molar-refractivity contribution < 1.29 is 9.53 Å². The number of anilines is 1. The second-order valence-corrected chi connectivity index (χ2v) is 6.18. The molecule has 24 heavy (non-hydrogen) atoms. The maximum atomic E-state index is 12.3. The Morgan fingerprint density at radius 2 is 2.21 bits per heavy atom. The number of nitrogens with zero attached hydrogens (tertiary/aromatic N) is 2. The monoisotopic (exact) mass is 339 g/mol. The van der Waals surface area contributed by atoms with Crippen LogP contribution < -0.4 is 10.1 Å². The van der Waals surface area contributed by atoms with Crippen molar-refractivity contribution >= 4 is 22.4 Å². The number of nitrogens with one attached hydrogen (secondary N) is 1. The van der Waals surface area contributed by atoms with Crippen LogP contribution in [0.25, 0.3) is 11.3 Å². The highest BCUT2D eigenvalue weighted by atomic mass is 32.1. The van der Waals surface area contributed by atoms with E-state index in [2.05, 4.69) is 15.3 Å². The Balaban J connectivity index is 1.70. The summed E-state index contributed by atoms with van der Waals surface area (Å²) in [5.74, 6) is 0.594. The number of carbonyl (C=O) groups is 1. The lowest BCUT2D eigenvalue weighted by atomic mass is 10.1. The Hall–Kier alpha value is -2.73. The van der Waals surface area contributed by atoms with Gasteiger partial charge in [-0.3, -0.25) is 9.78 Å². The van der Waals surface area contributed by atoms with Crippen molar-refractivity contribution in [1.29, 1.82) is 0 Å². The van der Waals surface area contributed by atoms with E-state index in [-0.39, 0.29) is 12.3 Å². The van der Waals surface area contributed by atoms with Crippen molar-refractivity contribution in [3.8, 4) is 17.0 Å². The van der Waals surface area contributed by atoms with Gasteiger partial charge in [0.1, 0.15) is 5.75 Å². The van der Waals surface area contributed by atoms with Crippen LogP contribution in [0.15, 0.2) is 48.1 Å². The molecule has 0 radical (unpaired) electrons. The maximum Gasteiger partial charge on any atom is 0.230 e. The summed E-state index contributed by atoms with van der Waals surface area (Å²) in [6.07, 6.45) is 3.71. The third-order valence-electron chi connectivity index (χ3n) is 3.49. The molecule has 1 amide bonds. The fourth-order valence-corrected chi connectivity index (χ4v) is 3.10. The molecule has 3 aromatic rings. The van der Waals surface area contributed by atoms with Gasteiger partial charge >= 0.3 is 0 Å². The minimum Gasteiger partial charge on any atom is -0.496 e. The molecular formula is C18H17N3O2S. The van der Waals surface area contributed by atoms with Crippen molar-refractivity contribution in [3.05, 3.63) is 59.2 Å². The molecule has 1 N–H and O–H groups in total. The molecule has 122 valence electrons. The first-order valence-corrected chi connectivity index (χ1v) is 8.33. The van der Waals surface area contributed by atoms with E-state index >= 15 is 0 Å². The third kappa shape index (κ3) is 3.78. The number of rotatable bonds is 5. The molecule has 3 rings (SSSR count). The van der Waals surface area contributed by atoms with E-state index in [1.54, 1.807) is 19.5 Å². The van der Waals surface area contributed by atoms with Crippen molar-refractivity contribution in [1.82, 2.24) is 9.97 Å². The van der Waals surface area contributed by atoms with Crippen molar-refractivity contribution in [2.75, 3.05) is 12.4 Å². The molecule has 5 nitrogen and oxygen atoms in total. The molecule has 0 aliphatic rings. The topological polar surface area (TPSA) is 64.1 Å². The standard InChI is InChI=1S/C18H17N3O2S/c1-12-5-6-16(23-2)14(8-12)9-17(22)21-18-20-15(11-24-18)13-4-3-7-19-10-13/h3-8,10-11H,9H2,1-2H3,(H,20,21,22). The highest BCUT2D eigenvalue weighted by Gasteiger charge is 2.12. The number of methoxy groups -OCH3 is 1. The first-order chi connectivity index (χ1) is 11.7. The van der Waals surface area contributed by atoms with Gasteiger partial charge in [-0.05, 0) is 25.1 Å². The number of thiazole rings is 1. The Morgan fingerprint density at radius 3 is 2.96 bits per heavy atom. The molecule has 0 aliphatic heterocycles. The van der Waals surface area contributed by atoms with Gasteiger partial charge in [0.05, 0.1) is 19.2 Å². The second-order valence-electron chi connectivity index (χ2n) is 5.32. The van der Waals surface area contributed by atoms with Gasteiger partial charge in [0.25, 0.3) is 0 Å². The van der Waals surface area contributed by atoms with Crippen LogP contribution in [0.3, 0.4) is 0 Å². The highest BCUT2D eigenvalue weighted by molar-refractivity contribution is 7.14. The molecule has 2 heterocycles. The Morgan fingerprint density at radius 1 is 1.33 bits per heavy atom. The van der Waals surface area contributed by atoms with E-state index in [0.717, 1.165) is 22.4 Å². The number of hydrogen-bond acceptors (Lipinski definition) is 5. The lowest BCUT2D eigenvalue weighted by Gasteiger charge is -2.09. The number of aryl methyl sites for hydroxylation is 1.